The summed E-state index contributed by atoms with van der Waals surface area (Å²) in [5.74, 6) is 1.35. The van der Waals surface area contributed by atoms with Gasteiger partial charge in [-0.3, -0.25) is 9.59 Å². The number of rotatable bonds is 8. The first kappa shape index (κ1) is 28.6. The van der Waals surface area contributed by atoms with E-state index in [1.807, 2.05) is 0 Å². The van der Waals surface area contributed by atoms with Crippen LogP contribution >= 0.6 is 22.7 Å². The van der Waals surface area contributed by atoms with E-state index in [-0.39, 0.29) is 23.9 Å². The summed E-state index contributed by atoms with van der Waals surface area (Å²) in [6.07, 6.45) is 15.9. The van der Waals surface area contributed by atoms with Crippen LogP contribution in [0.1, 0.15) is 138 Å². The zero-order valence-corrected chi connectivity index (χ0v) is 25.9. The van der Waals surface area contributed by atoms with Crippen molar-refractivity contribution in [3.8, 4) is 0 Å². The van der Waals surface area contributed by atoms with E-state index >= 15 is 0 Å². The molecule has 2 saturated carbocycles. The van der Waals surface area contributed by atoms with Crippen molar-refractivity contribution in [1.29, 1.82) is 0 Å². The molecule has 2 N–H and O–H groups in total. The molecule has 2 amide bonds. The van der Waals surface area contributed by atoms with Crippen LogP contribution in [0, 0.1) is 25.7 Å². The highest BCUT2D eigenvalue weighted by Gasteiger charge is 2.27. The Bertz CT molecular complexity index is 1120. The second-order valence-electron chi connectivity index (χ2n) is 12.3. The van der Waals surface area contributed by atoms with Gasteiger partial charge in [0.2, 0.25) is 0 Å². The summed E-state index contributed by atoms with van der Waals surface area (Å²) in [5.41, 5.74) is 5.19. The molecule has 6 heteroatoms. The summed E-state index contributed by atoms with van der Waals surface area (Å²) in [7, 11) is 0. The van der Waals surface area contributed by atoms with Crippen LogP contribution in [-0.4, -0.2) is 23.9 Å². The lowest BCUT2D eigenvalue weighted by Gasteiger charge is -2.28. The number of hydrogen-bond acceptors (Lipinski definition) is 4. The van der Waals surface area contributed by atoms with Gasteiger partial charge in [-0.2, -0.15) is 0 Å². The average molecular weight is 567 g/mol. The maximum Gasteiger partial charge on any atom is 0.261 e. The molecule has 0 spiro atoms. The van der Waals surface area contributed by atoms with Crippen LogP contribution in [-0.2, 0) is 0 Å². The van der Waals surface area contributed by atoms with Gasteiger partial charge in [0.15, 0.2) is 0 Å². The third kappa shape index (κ3) is 6.53. The Balaban J connectivity index is 1.31. The number of amides is 2. The summed E-state index contributed by atoms with van der Waals surface area (Å²) >= 11 is 3.24. The van der Waals surface area contributed by atoms with Gasteiger partial charge in [0, 0.05) is 21.8 Å². The highest BCUT2D eigenvalue weighted by Crippen LogP contribution is 2.45. The van der Waals surface area contributed by atoms with Gasteiger partial charge in [-0.25, -0.2) is 0 Å². The molecule has 0 saturated heterocycles. The molecule has 3 aliphatic rings. The van der Waals surface area contributed by atoms with Crippen molar-refractivity contribution in [1.82, 2.24) is 10.6 Å². The first-order valence-corrected chi connectivity index (χ1v) is 17.0. The summed E-state index contributed by atoms with van der Waals surface area (Å²) in [6.45, 7) is 8.65. The molecule has 0 aromatic carbocycles. The predicted molar refractivity (Wildman–Crippen MR) is 166 cm³/mol. The third-order valence-corrected chi connectivity index (χ3v) is 11.7. The van der Waals surface area contributed by atoms with Gasteiger partial charge < -0.3 is 10.6 Å². The minimum Gasteiger partial charge on any atom is -0.349 e. The van der Waals surface area contributed by atoms with Crippen molar-refractivity contribution in [3.63, 3.8) is 0 Å². The maximum atomic E-state index is 13.2. The van der Waals surface area contributed by atoms with E-state index in [9.17, 15) is 9.59 Å². The third-order valence-electron chi connectivity index (χ3n) is 9.58. The van der Waals surface area contributed by atoms with E-state index < -0.39 is 0 Å². The van der Waals surface area contributed by atoms with Gasteiger partial charge in [-0.05, 0) is 119 Å². The summed E-state index contributed by atoms with van der Waals surface area (Å²) in [4.78, 5) is 30.5. The van der Waals surface area contributed by atoms with Gasteiger partial charge in [0.1, 0.15) is 0 Å². The van der Waals surface area contributed by atoms with E-state index in [0.29, 0.717) is 11.8 Å². The van der Waals surface area contributed by atoms with Gasteiger partial charge in [-0.1, -0.05) is 38.5 Å². The normalized spacial score (nSPS) is 20.7. The summed E-state index contributed by atoms with van der Waals surface area (Å²) in [5, 5.41) is 6.63. The fourth-order valence-electron chi connectivity index (χ4n) is 7.19. The van der Waals surface area contributed by atoms with Crippen molar-refractivity contribution in [2.45, 2.75) is 123 Å². The second-order valence-corrected chi connectivity index (χ2v) is 14.8. The van der Waals surface area contributed by atoms with Gasteiger partial charge in [0.05, 0.1) is 9.75 Å². The Morgan fingerprint density at radius 1 is 0.667 bits per heavy atom. The molecular formula is C33H46N2O2S2. The molecule has 39 heavy (non-hydrogen) atoms. The molecule has 5 rings (SSSR count). The van der Waals surface area contributed by atoms with E-state index in [0.717, 1.165) is 29.0 Å². The lowest BCUT2D eigenvalue weighted by atomic mass is 9.84. The number of carbonyl (C=O) groups excluding carboxylic acids is 2. The van der Waals surface area contributed by atoms with Crippen molar-refractivity contribution >= 4 is 45.6 Å². The minimum absolute atomic E-state index is 0.0744. The SMILES string of the molecule is Cc1sc(C(=O)N[C@@H](C)C2CCCCC2)cc1C1=C(c2cc(C(=O)N[C@@H](C)C3CCCCC3)sc2C)CCC1. The van der Waals surface area contributed by atoms with Crippen LogP contribution in [0.15, 0.2) is 12.1 Å². The van der Waals surface area contributed by atoms with Crippen molar-refractivity contribution in [2.75, 3.05) is 0 Å². The molecule has 0 aliphatic heterocycles. The quantitative estimate of drug-likeness (QED) is 0.335. The lowest BCUT2D eigenvalue weighted by molar-refractivity contribution is 0.0915. The van der Waals surface area contributed by atoms with E-state index in [2.05, 4.69) is 50.5 Å². The fraction of sp³-hybridized carbons (Fsp3) is 0.636. The van der Waals surface area contributed by atoms with Crippen LogP contribution in [0.5, 0.6) is 0 Å². The van der Waals surface area contributed by atoms with Crippen LogP contribution in [0.3, 0.4) is 0 Å². The average Bonchev–Trinajstić information content (AvgIpc) is 3.67. The van der Waals surface area contributed by atoms with Gasteiger partial charge in [0.25, 0.3) is 11.8 Å². The number of aryl methyl sites for hydroxylation is 2. The molecule has 212 valence electrons. The molecule has 2 aromatic rings. The highest BCUT2D eigenvalue weighted by atomic mass is 32.1. The number of hydrogen-bond donors (Lipinski definition) is 2. The monoisotopic (exact) mass is 566 g/mol. The molecule has 2 aromatic heterocycles. The molecule has 3 aliphatic carbocycles. The van der Waals surface area contributed by atoms with Gasteiger partial charge >= 0.3 is 0 Å². The Morgan fingerprint density at radius 2 is 1.05 bits per heavy atom. The van der Waals surface area contributed by atoms with Crippen molar-refractivity contribution < 1.29 is 9.59 Å². The minimum atomic E-state index is 0.0744. The van der Waals surface area contributed by atoms with E-state index in [1.54, 1.807) is 22.7 Å². The molecule has 2 heterocycles. The zero-order chi connectivity index (χ0) is 27.5. The molecular weight excluding hydrogens is 521 g/mol. The Labute approximate surface area is 243 Å². The maximum absolute atomic E-state index is 13.2. The Kier molecular flexibility index (Phi) is 9.33. The number of nitrogens with one attached hydrogen (secondary N) is 2. The van der Waals surface area contributed by atoms with E-state index in [4.69, 9.17) is 0 Å². The number of carbonyl (C=O) groups is 2. The molecule has 0 radical (unpaired) electrons. The first-order chi connectivity index (χ1) is 18.8. The largest absolute Gasteiger partial charge is 0.349 e. The van der Waals surface area contributed by atoms with Crippen molar-refractivity contribution in [2.24, 2.45) is 11.8 Å². The zero-order valence-electron chi connectivity index (χ0n) is 24.3. The predicted octanol–water partition coefficient (Wildman–Crippen LogP) is 8.92. The molecule has 2 atom stereocenters. The number of allylic oxidation sites excluding steroid dienone is 2. The summed E-state index contributed by atoms with van der Waals surface area (Å²) in [6, 6.07) is 4.71. The highest BCUT2D eigenvalue weighted by molar-refractivity contribution is 7.14. The molecule has 0 unspecified atom stereocenters. The van der Waals surface area contributed by atoms with Crippen LogP contribution in [0.4, 0.5) is 0 Å². The second kappa shape index (κ2) is 12.7. The van der Waals surface area contributed by atoms with Crippen LogP contribution in [0.2, 0.25) is 0 Å². The topological polar surface area (TPSA) is 58.2 Å². The van der Waals surface area contributed by atoms with E-state index in [1.165, 1.54) is 96.2 Å². The smallest absolute Gasteiger partial charge is 0.261 e. The van der Waals surface area contributed by atoms with Crippen molar-refractivity contribution in [3.05, 3.63) is 42.8 Å². The molecule has 2 fully saturated rings. The van der Waals surface area contributed by atoms with Crippen LogP contribution in [0.25, 0.3) is 11.1 Å². The van der Waals surface area contributed by atoms with Gasteiger partial charge in [-0.15, -0.1) is 22.7 Å². The standard InChI is InChI=1S/C33H46N2O2S2/c1-20(24-12-7-5-8-13-24)34-32(36)30-18-28(22(3)38-30)26-16-11-17-27(26)29-19-31(39-23(29)4)33(37)35-21(2)25-14-9-6-10-15-25/h18-21,24-25H,5-17H2,1-4H3,(H,34,36)(H,35,37)/t20-,21-/m0/s1. The Morgan fingerprint density at radius 3 is 1.44 bits per heavy atom. The lowest BCUT2D eigenvalue weighted by Crippen LogP contribution is -2.38. The first-order valence-electron chi connectivity index (χ1n) is 15.4. The number of thiophene rings is 2. The molecule has 4 nitrogen and oxygen atoms in total. The Hall–Kier alpha value is -1.92. The summed E-state index contributed by atoms with van der Waals surface area (Å²) < 4.78 is 0. The fourth-order valence-corrected chi connectivity index (χ4v) is 9.09. The molecule has 0 bridgehead atoms. The van der Waals surface area contributed by atoms with Crippen LogP contribution < -0.4 is 10.6 Å².